The van der Waals surface area contributed by atoms with Crippen molar-refractivity contribution in [2.45, 2.75) is 32.7 Å². The average molecular weight is 368 g/mol. The van der Waals surface area contributed by atoms with Crippen LogP contribution in [-0.2, 0) is 6.42 Å². The molecule has 0 aliphatic carbocycles. The summed E-state index contributed by atoms with van der Waals surface area (Å²) in [6.07, 6.45) is 2.07. The van der Waals surface area contributed by atoms with E-state index in [1.54, 1.807) is 7.11 Å². The minimum Gasteiger partial charge on any atom is -0.496 e. The topological polar surface area (TPSA) is 21.3 Å². The molecule has 1 aromatic carbocycles. The molecule has 2 rings (SSSR count). The Morgan fingerprint density at radius 1 is 1.33 bits per heavy atom. The molecule has 0 saturated heterocycles. The fourth-order valence-electron chi connectivity index (χ4n) is 2.34. The molecule has 1 atom stereocenters. The lowest BCUT2D eigenvalue weighted by atomic mass is 10.0. The van der Waals surface area contributed by atoms with Crippen molar-refractivity contribution in [3.8, 4) is 5.75 Å². The highest BCUT2D eigenvalue weighted by atomic mass is 79.9. The Kier molecular flexibility index (Phi) is 6.27. The van der Waals surface area contributed by atoms with Gasteiger partial charge in [-0.2, -0.15) is 0 Å². The highest BCUT2D eigenvalue weighted by molar-refractivity contribution is 9.10. The molecule has 2 aromatic rings. The van der Waals surface area contributed by atoms with Crippen molar-refractivity contribution in [3.63, 3.8) is 0 Å². The number of hydrogen-bond donors (Lipinski definition) is 1. The predicted octanol–water partition coefficient (Wildman–Crippen LogP) is 5.11. The van der Waals surface area contributed by atoms with Crippen molar-refractivity contribution in [2.24, 2.45) is 0 Å². The first kappa shape index (κ1) is 16.5. The normalized spacial score (nSPS) is 12.4. The third-order valence-corrected chi connectivity index (χ3v) is 5.73. The van der Waals surface area contributed by atoms with Gasteiger partial charge in [0.05, 0.1) is 7.11 Å². The van der Waals surface area contributed by atoms with Gasteiger partial charge in [-0.25, -0.2) is 0 Å². The quantitative estimate of drug-likeness (QED) is 0.733. The van der Waals surface area contributed by atoms with Crippen molar-refractivity contribution < 1.29 is 4.74 Å². The zero-order valence-electron chi connectivity index (χ0n) is 12.8. The number of ether oxygens (including phenoxy) is 1. The lowest BCUT2D eigenvalue weighted by Crippen LogP contribution is -2.23. The number of thiophene rings is 1. The van der Waals surface area contributed by atoms with Gasteiger partial charge in [-0.05, 0) is 59.9 Å². The monoisotopic (exact) mass is 367 g/mol. The van der Waals surface area contributed by atoms with Crippen LogP contribution in [0.4, 0.5) is 0 Å². The summed E-state index contributed by atoms with van der Waals surface area (Å²) in [6.45, 7) is 5.37. The van der Waals surface area contributed by atoms with Crippen molar-refractivity contribution in [1.82, 2.24) is 5.32 Å². The van der Waals surface area contributed by atoms with Crippen LogP contribution in [0.15, 0.2) is 34.8 Å². The van der Waals surface area contributed by atoms with Crippen LogP contribution in [0.1, 0.15) is 34.7 Å². The molecular formula is C17H22BrNOS. The molecule has 21 heavy (non-hydrogen) atoms. The minimum atomic E-state index is 0.330. The second-order valence-corrected chi connectivity index (χ2v) is 7.22. The van der Waals surface area contributed by atoms with E-state index < -0.39 is 0 Å². The molecule has 1 N–H and O–H groups in total. The van der Waals surface area contributed by atoms with Crippen molar-refractivity contribution >= 4 is 27.3 Å². The van der Waals surface area contributed by atoms with Crippen molar-refractivity contribution in [1.29, 1.82) is 0 Å². The Morgan fingerprint density at radius 2 is 2.10 bits per heavy atom. The van der Waals surface area contributed by atoms with Crippen LogP contribution < -0.4 is 10.1 Å². The number of halogens is 1. The van der Waals surface area contributed by atoms with Crippen LogP contribution in [0.25, 0.3) is 0 Å². The van der Waals surface area contributed by atoms with E-state index in [1.165, 1.54) is 19.8 Å². The standard InChI is InChI=1S/C17H22BrNOS/c1-4-9-19-15(17-11-14(18)12(2)21-17)10-13-7-5-6-8-16(13)20-3/h5-8,11,15,19H,4,9-10H2,1-3H3. The van der Waals surface area contributed by atoms with E-state index in [4.69, 9.17) is 4.74 Å². The summed E-state index contributed by atoms with van der Waals surface area (Å²) in [5.74, 6) is 0.966. The molecule has 0 aliphatic heterocycles. The van der Waals surface area contributed by atoms with Crippen molar-refractivity contribution in [2.75, 3.05) is 13.7 Å². The van der Waals surface area contributed by atoms with Gasteiger partial charge in [0.1, 0.15) is 5.75 Å². The molecule has 0 fully saturated rings. The van der Waals surface area contributed by atoms with Crippen LogP contribution in [0.2, 0.25) is 0 Å². The van der Waals surface area contributed by atoms with Gasteiger partial charge in [0, 0.05) is 20.3 Å². The first-order valence-corrected chi connectivity index (χ1v) is 8.87. The molecule has 1 unspecified atom stereocenters. The Balaban J connectivity index is 2.23. The average Bonchev–Trinajstić information content (AvgIpc) is 2.83. The zero-order chi connectivity index (χ0) is 15.2. The molecular weight excluding hydrogens is 346 g/mol. The predicted molar refractivity (Wildman–Crippen MR) is 94.5 cm³/mol. The lowest BCUT2D eigenvalue weighted by molar-refractivity contribution is 0.405. The SMILES string of the molecule is CCCNC(Cc1ccccc1OC)c1cc(Br)c(C)s1. The van der Waals surface area contributed by atoms with Crippen molar-refractivity contribution in [3.05, 3.63) is 50.1 Å². The fourth-order valence-corrected chi connectivity index (χ4v) is 3.97. The van der Waals surface area contributed by atoms with Gasteiger partial charge in [0.15, 0.2) is 0 Å². The van der Waals surface area contributed by atoms with Gasteiger partial charge in [0.2, 0.25) is 0 Å². The number of hydrogen-bond acceptors (Lipinski definition) is 3. The summed E-state index contributed by atoms with van der Waals surface area (Å²) in [5.41, 5.74) is 1.25. The van der Waals surface area contributed by atoms with E-state index in [0.29, 0.717) is 6.04 Å². The fraction of sp³-hybridized carbons (Fsp3) is 0.412. The van der Waals surface area contributed by atoms with Crippen LogP contribution in [0.3, 0.4) is 0 Å². The van der Waals surface area contributed by atoms with E-state index in [2.05, 4.69) is 53.3 Å². The Labute approximate surface area is 139 Å². The van der Waals surface area contributed by atoms with E-state index >= 15 is 0 Å². The van der Waals surface area contributed by atoms with Gasteiger partial charge < -0.3 is 10.1 Å². The number of benzene rings is 1. The molecule has 114 valence electrons. The van der Waals surface area contributed by atoms with Crippen LogP contribution in [0, 0.1) is 6.92 Å². The maximum atomic E-state index is 5.48. The number of nitrogens with one attached hydrogen (secondary N) is 1. The molecule has 0 spiro atoms. The van der Waals surface area contributed by atoms with Gasteiger partial charge in [-0.1, -0.05) is 25.1 Å². The van der Waals surface area contributed by atoms with E-state index in [0.717, 1.165) is 25.1 Å². The minimum absolute atomic E-state index is 0.330. The Bertz CT molecular complexity index is 562. The molecule has 4 heteroatoms. The second-order valence-electron chi connectivity index (χ2n) is 5.08. The molecule has 1 heterocycles. The highest BCUT2D eigenvalue weighted by Crippen LogP contribution is 2.33. The maximum Gasteiger partial charge on any atom is 0.122 e. The number of aryl methyl sites for hydroxylation is 1. The van der Waals surface area contributed by atoms with E-state index in [9.17, 15) is 0 Å². The highest BCUT2D eigenvalue weighted by Gasteiger charge is 2.17. The first-order valence-electron chi connectivity index (χ1n) is 7.26. The summed E-state index contributed by atoms with van der Waals surface area (Å²) in [6, 6.07) is 10.8. The van der Waals surface area contributed by atoms with Crippen LogP contribution in [0.5, 0.6) is 5.75 Å². The van der Waals surface area contributed by atoms with Gasteiger partial charge in [-0.15, -0.1) is 11.3 Å². The van der Waals surface area contributed by atoms with Gasteiger partial charge >= 0.3 is 0 Å². The summed E-state index contributed by atoms with van der Waals surface area (Å²) in [7, 11) is 1.74. The van der Waals surface area contributed by atoms with Gasteiger partial charge in [0.25, 0.3) is 0 Å². The van der Waals surface area contributed by atoms with E-state index in [-0.39, 0.29) is 0 Å². The first-order chi connectivity index (χ1) is 10.2. The molecule has 0 aliphatic rings. The zero-order valence-corrected chi connectivity index (χ0v) is 15.2. The second kappa shape index (κ2) is 7.97. The van der Waals surface area contributed by atoms with E-state index in [1.807, 2.05) is 23.5 Å². The summed E-state index contributed by atoms with van der Waals surface area (Å²) in [4.78, 5) is 2.70. The molecule has 0 radical (unpaired) electrons. The number of rotatable bonds is 7. The summed E-state index contributed by atoms with van der Waals surface area (Å²) < 4.78 is 6.68. The Hall–Kier alpha value is -0.840. The third kappa shape index (κ3) is 4.31. The Morgan fingerprint density at radius 3 is 2.71 bits per heavy atom. The molecule has 1 aromatic heterocycles. The molecule has 0 bridgehead atoms. The maximum absolute atomic E-state index is 5.48. The summed E-state index contributed by atoms with van der Waals surface area (Å²) >= 11 is 5.48. The molecule has 0 saturated carbocycles. The number of para-hydroxylation sites is 1. The smallest absolute Gasteiger partial charge is 0.122 e. The lowest BCUT2D eigenvalue weighted by Gasteiger charge is -2.18. The third-order valence-electron chi connectivity index (χ3n) is 3.48. The van der Waals surface area contributed by atoms with Gasteiger partial charge in [-0.3, -0.25) is 0 Å². The summed E-state index contributed by atoms with van der Waals surface area (Å²) in [5, 5.41) is 3.66. The number of methoxy groups -OCH3 is 1. The largest absolute Gasteiger partial charge is 0.496 e. The molecule has 0 amide bonds. The van der Waals surface area contributed by atoms with Crippen LogP contribution >= 0.6 is 27.3 Å². The molecule has 2 nitrogen and oxygen atoms in total. The van der Waals surface area contributed by atoms with Crippen LogP contribution in [-0.4, -0.2) is 13.7 Å².